The Kier molecular flexibility index (Phi) is 6.09. The molecule has 0 aromatic heterocycles. The number of rotatable bonds is 6. The van der Waals surface area contributed by atoms with E-state index < -0.39 is 11.9 Å². The zero-order valence-corrected chi connectivity index (χ0v) is 13.5. The fourth-order valence-electron chi connectivity index (χ4n) is 2.33. The van der Waals surface area contributed by atoms with Gasteiger partial charge in [-0.25, -0.2) is 0 Å². The summed E-state index contributed by atoms with van der Waals surface area (Å²) in [6.07, 6.45) is 2.84. The van der Waals surface area contributed by atoms with Gasteiger partial charge in [0.15, 0.2) is 6.19 Å². The van der Waals surface area contributed by atoms with Gasteiger partial charge in [-0.05, 0) is 30.5 Å². The van der Waals surface area contributed by atoms with Crippen LogP contribution in [-0.4, -0.2) is 29.8 Å². The van der Waals surface area contributed by atoms with Crippen LogP contribution in [0, 0.1) is 11.5 Å². The average Bonchev–Trinajstić information content (AvgIpc) is 2.65. The number of nitriles is 1. The summed E-state index contributed by atoms with van der Waals surface area (Å²) < 4.78 is 0. The summed E-state index contributed by atoms with van der Waals surface area (Å²) in [7, 11) is 1.40. The molecule has 0 aliphatic carbocycles. The summed E-state index contributed by atoms with van der Waals surface area (Å²) in [5.74, 6) is -0.744. The van der Waals surface area contributed by atoms with E-state index in [4.69, 9.17) is 5.26 Å². The molecule has 2 amide bonds. The van der Waals surface area contributed by atoms with Crippen LogP contribution in [0.3, 0.4) is 0 Å². The molecule has 0 radical (unpaired) electrons. The summed E-state index contributed by atoms with van der Waals surface area (Å²) in [5.41, 5.74) is 1.55. The molecular formula is C19H19N3O2. The molecule has 0 bridgehead atoms. The van der Waals surface area contributed by atoms with E-state index in [1.54, 1.807) is 30.5 Å². The fraction of sp³-hybridized carbons (Fsp3) is 0.211. The molecule has 0 heterocycles. The minimum Gasteiger partial charge on any atom is -0.340 e. The van der Waals surface area contributed by atoms with Crippen molar-refractivity contribution in [2.75, 3.05) is 7.05 Å². The van der Waals surface area contributed by atoms with E-state index in [1.165, 1.54) is 7.05 Å². The Morgan fingerprint density at radius 3 is 2.25 bits per heavy atom. The number of nitrogens with zero attached hydrogens (tertiary/aromatic N) is 2. The van der Waals surface area contributed by atoms with Crippen molar-refractivity contribution in [3.63, 3.8) is 0 Å². The highest BCUT2D eigenvalue weighted by atomic mass is 16.2. The lowest BCUT2D eigenvalue weighted by Crippen LogP contribution is -2.46. The van der Waals surface area contributed by atoms with Crippen molar-refractivity contribution in [1.29, 1.82) is 5.26 Å². The van der Waals surface area contributed by atoms with Crippen molar-refractivity contribution < 1.29 is 9.59 Å². The van der Waals surface area contributed by atoms with Crippen molar-refractivity contribution >= 4 is 11.8 Å². The normalized spacial score (nSPS) is 11.2. The molecule has 2 rings (SSSR count). The maximum Gasteiger partial charge on any atom is 0.257 e. The molecule has 5 heteroatoms. The third kappa shape index (κ3) is 4.68. The van der Waals surface area contributed by atoms with E-state index in [2.05, 4.69) is 5.32 Å². The average molecular weight is 321 g/mol. The molecule has 0 saturated carbocycles. The van der Waals surface area contributed by atoms with Crippen LogP contribution in [0.1, 0.15) is 22.3 Å². The summed E-state index contributed by atoms with van der Waals surface area (Å²) >= 11 is 0. The van der Waals surface area contributed by atoms with Gasteiger partial charge in [0.2, 0.25) is 0 Å². The molecule has 2 aromatic carbocycles. The first kappa shape index (κ1) is 17.2. The van der Waals surface area contributed by atoms with Crippen molar-refractivity contribution in [3.05, 3.63) is 71.8 Å². The fourth-order valence-corrected chi connectivity index (χ4v) is 2.33. The quantitative estimate of drug-likeness (QED) is 0.655. The minimum absolute atomic E-state index is 0.326. The molecule has 122 valence electrons. The third-order valence-corrected chi connectivity index (χ3v) is 3.68. The molecule has 1 N–H and O–H groups in total. The Morgan fingerprint density at radius 2 is 1.67 bits per heavy atom. The minimum atomic E-state index is -0.748. The number of benzene rings is 2. The molecule has 0 aliphatic rings. The first-order valence-corrected chi connectivity index (χ1v) is 7.69. The van der Waals surface area contributed by atoms with E-state index in [1.807, 2.05) is 36.4 Å². The van der Waals surface area contributed by atoms with E-state index in [0.29, 0.717) is 18.4 Å². The molecule has 24 heavy (non-hydrogen) atoms. The number of carbonyl (C=O) groups excluding carboxylic acids is 2. The zero-order valence-electron chi connectivity index (χ0n) is 13.5. The van der Waals surface area contributed by atoms with Gasteiger partial charge < -0.3 is 5.32 Å². The van der Waals surface area contributed by atoms with Gasteiger partial charge in [-0.3, -0.25) is 14.5 Å². The van der Waals surface area contributed by atoms with Gasteiger partial charge >= 0.3 is 0 Å². The Balaban J connectivity index is 2.09. The van der Waals surface area contributed by atoms with Gasteiger partial charge in [0.25, 0.3) is 11.8 Å². The molecular weight excluding hydrogens is 302 g/mol. The second kappa shape index (κ2) is 8.49. The number of carbonyl (C=O) groups is 2. The van der Waals surface area contributed by atoms with Gasteiger partial charge in [0.1, 0.15) is 6.04 Å². The monoisotopic (exact) mass is 321 g/mol. The topological polar surface area (TPSA) is 73.2 Å². The highest BCUT2D eigenvalue weighted by Crippen LogP contribution is 2.08. The largest absolute Gasteiger partial charge is 0.340 e. The first-order chi connectivity index (χ1) is 11.6. The van der Waals surface area contributed by atoms with Gasteiger partial charge in [-0.15, -0.1) is 0 Å². The number of hydrogen-bond donors (Lipinski definition) is 1. The van der Waals surface area contributed by atoms with Crippen LogP contribution in [0.15, 0.2) is 60.7 Å². The lowest BCUT2D eigenvalue weighted by atomic mass is 10.0. The van der Waals surface area contributed by atoms with Crippen molar-refractivity contribution in [2.24, 2.45) is 0 Å². The molecule has 0 fully saturated rings. The summed E-state index contributed by atoms with van der Waals surface area (Å²) in [5, 5.41) is 11.7. The van der Waals surface area contributed by atoms with E-state index >= 15 is 0 Å². The second-order valence-electron chi connectivity index (χ2n) is 5.41. The number of nitrogens with one attached hydrogen (secondary N) is 1. The van der Waals surface area contributed by atoms with Crippen LogP contribution in [0.4, 0.5) is 0 Å². The zero-order chi connectivity index (χ0) is 17.4. The first-order valence-electron chi connectivity index (χ1n) is 7.69. The highest BCUT2D eigenvalue weighted by molar-refractivity contribution is 5.97. The summed E-state index contributed by atoms with van der Waals surface area (Å²) in [6.45, 7) is 0. The van der Waals surface area contributed by atoms with Crippen LogP contribution in [-0.2, 0) is 11.2 Å². The molecule has 0 aliphatic heterocycles. The van der Waals surface area contributed by atoms with Crippen molar-refractivity contribution in [1.82, 2.24) is 10.2 Å². The number of amides is 2. The van der Waals surface area contributed by atoms with Gasteiger partial charge in [-0.1, -0.05) is 48.5 Å². The van der Waals surface area contributed by atoms with Crippen LogP contribution in [0.25, 0.3) is 0 Å². The Morgan fingerprint density at radius 1 is 1.08 bits per heavy atom. The van der Waals surface area contributed by atoms with Gasteiger partial charge in [-0.2, -0.15) is 5.26 Å². The number of aryl methyl sites for hydroxylation is 1. The predicted octanol–water partition coefficient (Wildman–Crippen LogP) is 2.36. The van der Waals surface area contributed by atoms with E-state index in [9.17, 15) is 9.59 Å². The summed E-state index contributed by atoms with van der Waals surface area (Å²) in [4.78, 5) is 25.6. The van der Waals surface area contributed by atoms with Gasteiger partial charge in [0, 0.05) is 12.6 Å². The third-order valence-electron chi connectivity index (χ3n) is 3.68. The number of hydrogen-bond acceptors (Lipinski definition) is 3. The molecule has 0 saturated heterocycles. The van der Waals surface area contributed by atoms with Crippen molar-refractivity contribution in [2.45, 2.75) is 18.9 Å². The van der Waals surface area contributed by atoms with Crippen molar-refractivity contribution in [3.8, 4) is 6.19 Å². The van der Waals surface area contributed by atoms with Gasteiger partial charge in [0.05, 0.1) is 0 Å². The van der Waals surface area contributed by atoms with Crippen LogP contribution in [0.5, 0.6) is 0 Å². The molecule has 2 aromatic rings. The second-order valence-corrected chi connectivity index (χ2v) is 5.41. The van der Waals surface area contributed by atoms with Crippen LogP contribution in [0.2, 0.25) is 0 Å². The predicted molar refractivity (Wildman–Crippen MR) is 90.8 cm³/mol. The number of likely N-dealkylation sites (N-methyl/N-ethyl adjacent to an activating group) is 1. The van der Waals surface area contributed by atoms with E-state index in [-0.39, 0.29) is 5.91 Å². The smallest absolute Gasteiger partial charge is 0.257 e. The Bertz CT molecular complexity index is 723. The van der Waals surface area contributed by atoms with Crippen LogP contribution < -0.4 is 5.32 Å². The lowest BCUT2D eigenvalue weighted by molar-refractivity contribution is -0.129. The van der Waals surface area contributed by atoms with E-state index in [0.717, 1.165) is 10.5 Å². The molecule has 0 spiro atoms. The standard InChI is InChI=1S/C19H19N3O2/c1-22(14-20)19(24)17(13-12-15-8-4-2-5-9-15)21-18(23)16-10-6-3-7-11-16/h2-11,17H,12-13H2,1H3,(H,21,23)/t17-/m0/s1. The Hall–Kier alpha value is -3.13. The maximum absolute atomic E-state index is 12.4. The SMILES string of the molecule is CN(C#N)C(=O)[C@H](CCc1ccccc1)NC(=O)c1ccccc1. The lowest BCUT2D eigenvalue weighted by Gasteiger charge is -2.20. The maximum atomic E-state index is 12.4. The summed E-state index contributed by atoms with van der Waals surface area (Å²) in [6, 6.07) is 17.7. The molecule has 5 nitrogen and oxygen atoms in total. The van der Waals surface area contributed by atoms with Crippen LogP contribution >= 0.6 is 0 Å². The highest BCUT2D eigenvalue weighted by Gasteiger charge is 2.24. The molecule has 0 unspecified atom stereocenters. The molecule has 1 atom stereocenters. The Labute approximate surface area is 141 Å².